The highest BCUT2D eigenvalue weighted by Gasteiger charge is 2.40. The molecule has 138 valence electrons. The van der Waals surface area contributed by atoms with Crippen molar-refractivity contribution in [1.82, 2.24) is 4.90 Å². The molecule has 1 aliphatic heterocycles. The maximum atomic E-state index is 12.7. The first kappa shape index (κ1) is 18.7. The molecular weight excluding hydrogens is 350 g/mol. The first-order chi connectivity index (χ1) is 12.4. The van der Waals surface area contributed by atoms with E-state index in [0.29, 0.717) is 17.0 Å². The highest BCUT2D eigenvalue weighted by atomic mass is 32.2. The lowest BCUT2D eigenvalue weighted by Gasteiger charge is -2.35. The summed E-state index contributed by atoms with van der Waals surface area (Å²) >= 11 is 0.986. The molecular formula is C20H23NO4S. The molecule has 0 atom stereocenters. The third-order valence-electron chi connectivity index (χ3n) is 5.10. The third kappa shape index (κ3) is 4.01. The number of amides is 2. The van der Waals surface area contributed by atoms with E-state index in [4.69, 9.17) is 0 Å². The summed E-state index contributed by atoms with van der Waals surface area (Å²) in [6, 6.07) is 6.77. The first-order valence-corrected chi connectivity index (χ1v) is 9.67. The zero-order valence-electron chi connectivity index (χ0n) is 15.1. The number of hydrogen-bond acceptors (Lipinski definition) is 5. The Kier molecular flexibility index (Phi) is 5.51. The van der Waals surface area contributed by atoms with Crippen molar-refractivity contribution < 1.29 is 19.1 Å². The van der Waals surface area contributed by atoms with Crippen molar-refractivity contribution in [2.75, 3.05) is 13.7 Å². The molecule has 1 saturated heterocycles. The number of carbonyl (C=O) groups excluding carboxylic acids is 3. The van der Waals surface area contributed by atoms with E-state index < -0.39 is 5.97 Å². The molecule has 1 saturated carbocycles. The lowest BCUT2D eigenvalue weighted by atomic mass is 9.75. The van der Waals surface area contributed by atoms with Gasteiger partial charge in [-0.15, -0.1) is 0 Å². The molecule has 2 fully saturated rings. The third-order valence-corrected chi connectivity index (χ3v) is 6.01. The Hall–Kier alpha value is -2.08. The van der Waals surface area contributed by atoms with Crippen molar-refractivity contribution in [3.05, 3.63) is 40.3 Å². The minimum absolute atomic E-state index is 0.0295. The summed E-state index contributed by atoms with van der Waals surface area (Å²) in [6.07, 6.45) is 7.38. The molecule has 0 spiro atoms. The molecule has 1 aromatic rings. The van der Waals surface area contributed by atoms with E-state index in [1.54, 1.807) is 30.3 Å². The quantitative estimate of drug-likeness (QED) is 0.575. The molecule has 0 aromatic heterocycles. The number of methoxy groups -OCH3 is 1. The van der Waals surface area contributed by atoms with E-state index in [0.717, 1.165) is 43.0 Å². The van der Waals surface area contributed by atoms with Crippen LogP contribution in [0.2, 0.25) is 0 Å². The minimum atomic E-state index is -0.405. The summed E-state index contributed by atoms with van der Waals surface area (Å²) in [6.45, 7) is 2.67. The predicted octanol–water partition coefficient (Wildman–Crippen LogP) is 4.48. The molecule has 0 bridgehead atoms. The van der Waals surface area contributed by atoms with Gasteiger partial charge in [0.1, 0.15) is 0 Å². The van der Waals surface area contributed by atoms with Crippen molar-refractivity contribution in [1.29, 1.82) is 0 Å². The van der Waals surface area contributed by atoms with Gasteiger partial charge in [-0.25, -0.2) is 4.79 Å². The van der Waals surface area contributed by atoms with Gasteiger partial charge in [0.15, 0.2) is 0 Å². The van der Waals surface area contributed by atoms with Crippen LogP contribution in [0.15, 0.2) is 29.2 Å². The number of imide groups is 1. The molecule has 0 N–H and O–H groups in total. The normalized spacial score (nSPS) is 21.3. The van der Waals surface area contributed by atoms with Crippen LogP contribution in [0.4, 0.5) is 4.79 Å². The van der Waals surface area contributed by atoms with Gasteiger partial charge in [-0.2, -0.15) is 0 Å². The maximum Gasteiger partial charge on any atom is 0.337 e. The van der Waals surface area contributed by atoms with Gasteiger partial charge in [0.25, 0.3) is 11.1 Å². The van der Waals surface area contributed by atoms with E-state index in [9.17, 15) is 14.4 Å². The van der Waals surface area contributed by atoms with Crippen LogP contribution in [0, 0.1) is 5.41 Å². The van der Waals surface area contributed by atoms with Crippen LogP contribution in [0.25, 0.3) is 6.08 Å². The fraction of sp³-hybridized carbons (Fsp3) is 0.450. The van der Waals surface area contributed by atoms with Crippen molar-refractivity contribution in [3.63, 3.8) is 0 Å². The van der Waals surface area contributed by atoms with Gasteiger partial charge in [0.2, 0.25) is 0 Å². The number of rotatable bonds is 4. The number of carbonyl (C=O) groups is 3. The SMILES string of the molecule is COC(=O)c1ccc(/C=C2\SC(=O)N(CC3(C)CCCCC3)C2=O)cc1. The molecule has 3 rings (SSSR count). The smallest absolute Gasteiger partial charge is 0.337 e. The van der Waals surface area contributed by atoms with Crippen LogP contribution < -0.4 is 0 Å². The summed E-state index contributed by atoms with van der Waals surface area (Å²) in [4.78, 5) is 38.4. The zero-order valence-corrected chi connectivity index (χ0v) is 15.9. The Balaban J connectivity index is 1.73. The zero-order chi connectivity index (χ0) is 18.7. The van der Waals surface area contributed by atoms with Crippen molar-refractivity contribution in [3.8, 4) is 0 Å². The van der Waals surface area contributed by atoms with E-state index in [1.807, 2.05) is 0 Å². The van der Waals surface area contributed by atoms with Crippen molar-refractivity contribution >= 4 is 35.0 Å². The van der Waals surface area contributed by atoms with Crippen molar-refractivity contribution in [2.24, 2.45) is 5.41 Å². The summed E-state index contributed by atoms with van der Waals surface area (Å²) < 4.78 is 4.67. The topological polar surface area (TPSA) is 63.7 Å². The fourth-order valence-corrected chi connectivity index (χ4v) is 4.40. The Morgan fingerprint density at radius 1 is 1.19 bits per heavy atom. The fourth-order valence-electron chi connectivity index (χ4n) is 3.57. The average molecular weight is 373 g/mol. The van der Waals surface area contributed by atoms with Gasteiger partial charge in [-0.3, -0.25) is 14.5 Å². The maximum absolute atomic E-state index is 12.7. The van der Waals surface area contributed by atoms with Crippen LogP contribution in [0.3, 0.4) is 0 Å². The van der Waals surface area contributed by atoms with Crippen molar-refractivity contribution in [2.45, 2.75) is 39.0 Å². The van der Waals surface area contributed by atoms with Gasteiger partial charge in [0, 0.05) is 6.54 Å². The molecule has 6 heteroatoms. The molecule has 26 heavy (non-hydrogen) atoms. The lowest BCUT2D eigenvalue weighted by molar-refractivity contribution is -0.124. The van der Waals surface area contributed by atoms with Gasteiger partial charge < -0.3 is 4.74 Å². The molecule has 1 aromatic carbocycles. The number of hydrogen-bond donors (Lipinski definition) is 0. The second-order valence-corrected chi connectivity index (χ2v) is 8.25. The molecule has 0 radical (unpaired) electrons. The van der Waals surface area contributed by atoms with Crippen LogP contribution in [-0.4, -0.2) is 35.7 Å². The molecule has 2 amide bonds. The lowest BCUT2D eigenvalue weighted by Crippen LogP contribution is -2.39. The predicted molar refractivity (Wildman–Crippen MR) is 102 cm³/mol. The average Bonchev–Trinajstić information content (AvgIpc) is 2.89. The Labute approximate surface area is 157 Å². The summed E-state index contributed by atoms with van der Waals surface area (Å²) in [5.41, 5.74) is 1.25. The Morgan fingerprint density at radius 2 is 1.85 bits per heavy atom. The van der Waals surface area contributed by atoms with Gasteiger partial charge in [-0.05, 0) is 53.8 Å². The number of benzene rings is 1. The second-order valence-electron chi connectivity index (χ2n) is 7.25. The second kappa shape index (κ2) is 7.66. The standard InChI is InChI=1S/C20H23NO4S/c1-20(10-4-3-5-11-20)13-21-17(22)16(26-19(21)24)12-14-6-8-15(9-7-14)18(23)25-2/h6-9,12H,3-5,10-11,13H2,1-2H3/b16-12-. The monoisotopic (exact) mass is 373 g/mol. The molecule has 0 unspecified atom stereocenters. The highest BCUT2D eigenvalue weighted by Crippen LogP contribution is 2.40. The summed E-state index contributed by atoms with van der Waals surface area (Å²) in [5, 5.41) is -0.195. The molecule has 1 aliphatic carbocycles. The van der Waals surface area contributed by atoms with Gasteiger partial charge in [0.05, 0.1) is 17.6 Å². The van der Waals surface area contributed by atoms with Crippen LogP contribution in [0.5, 0.6) is 0 Å². The largest absolute Gasteiger partial charge is 0.465 e. The Bertz CT molecular complexity index is 748. The molecule has 2 aliphatic rings. The molecule has 1 heterocycles. The summed E-state index contributed by atoms with van der Waals surface area (Å²) in [7, 11) is 1.33. The number of thioether (sulfide) groups is 1. The first-order valence-electron chi connectivity index (χ1n) is 8.86. The number of ether oxygens (including phenoxy) is 1. The van der Waals surface area contributed by atoms with Gasteiger partial charge in [-0.1, -0.05) is 38.3 Å². The number of esters is 1. The van der Waals surface area contributed by atoms with E-state index in [1.165, 1.54) is 18.4 Å². The summed E-state index contributed by atoms with van der Waals surface area (Å²) in [5.74, 6) is -0.624. The Morgan fingerprint density at radius 3 is 2.46 bits per heavy atom. The van der Waals surface area contributed by atoms with E-state index in [-0.39, 0.29) is 16.6 Å². The van der Waals surface area contributed by atoms with Crippen LogP contribution in [0.1, 0.15) is 54.9 Å². The minimum Gasteiger partial charge on any atom is -0.465 e. The van der Waals surface area contributed by atoms with Crippen LogP contribution >= 0.6 is 11.8 Å². The highest BCUT2D eigenvalue weighted by molar-refractivity contribution is 8.18. The molecule has 5 nitrogen and oxygen atoms in total. The van der Waals surface area contributed by atoms with E-state index in [2.05, 4.69) is 11.7 Å². The number of nitrogens with zero attached hydrogens (tertiary/aromatic N) is 1. The van der Waals surface area contributed by atoms with Gasteiger partial charge >= 0.3 is 5.97 Å². The van der Waals surface area contributed by atoms with Crippen LogP contribution in [-0.2, 0) is 9.53 Å². The van der Waals surface area contributed by atoms with E-state index >= 15 is 0 Å².